The Kier molecular flexibility index (Phi) is 4.14. The van der Waals surface area contributed by atoms with Crippen LogP contribution in [0.5, 0.6) is 0 Å². The predicted octanol–water partition coefficient (Wildman–Crippen LogP) is 5.25. The van der Waals surface area contributed by atoms with E-state index in [0.717, 1.165) is 14.5 Å². The van der Waals surface area contributed by atoms with E-state index in [-0.39, 0.29) is 5.56 Å². The van der Waals surface area contributed by atoms with Crippen molar-refractivity contribution in [3.05, 3.63) is 55.0 Å². The number of halogens is 5. The first kappa shape index (κ1) is 13.4. The summed E-state index contributed by atoms with van der Waals surface area (Å²) in [4.78, 5) is -0.475. The van der Waals surface area contributed by atoms with Crippen molar-refractivity contribution in [1.29, 1.82) is 0 Å². The molecule has 0 amide bonds. The van der Waals surface area contributed by atoms with Crippen LogP contribution in [0.15, 0.2) is 23.6 Å². The van der Waals surface area contributed by atoms with Crippen LogP contribution in [0, 0.1) is 20.3 Å². The van der Waals surface area contributed by atoms with E-state index in [2.05, 4.69) is 38.5 Å². The maximum atomic E-state index is 13.5. The zero-order valence-corrected chi connectivity index (χ0v) is 12.7. The van der Waals surface area contributed by atoms with E-state index >= 15 is 0 Å². The lowest BCUT2D eigenvalue weighted by atomic mass is 10.1. The second kappa shape index (κ2) is 5.27. The third-order valence-corrected chi connectivity index (χ3v) is 5.02. The van der Waals surface area contributed by atoms with E-state index in [1.54, 1.807) is 0 Å². The molecule has 0 saturated heterocycles. The van der Waals surface area contributed by atoms with E-state index < -0.39 is 22.3 Å². The molecule has 1 heterocycles. The normalized spacial score (nSPS) is 12.8. The fourth-order valence-electron chi connectivity index (χ4n) is 1.37. The van der Waals surface area contributed by atoms with Crippen molar-refractivity contribution >= 4 is 49.9 Å². The Morgan fingerprint density at radius 2 is 1.71 bits per heavy atom. The summed E-state index contributed by atoms with van der Waals surface area (Å²) in [5, 5.41) is 1.85. The summed E-state index contributed by atoms with van der Waals surface area (Å²) in [6.07, 6.45) is 0. The highest BCUT2D eigenvalue weighted by Crippen LogP contribution is 2.35. The van der Waals surface area contributed by atoms with Crippen molar-refractivity contribution in [1.82, 2.24) is 0 Å². The Balaban J connectivity index is 2.43. The maximum Gasteiger partial charge on any atom is 0.161 e. The van der Waals surface area contributed by atoms with Gasteiger partial charge >= 0.3 is 0 Å². The highest BCUT2D eigenvalue weighted by molar-refractivity contribution is 14.1. The Bertz CT molecular complexity index is 556. The van der Waals surface area contributed by atoms with Gasteiger partial charge in [-0.2, -0.15) is 0 Å². The Labute approximate surface area is 122 Å². The number of rotatable bonds is 2. The molecule has 1 atom stereocenters. The van der Waals surface area contributed by atoms with Crippen LogP contribution in [-0.2, 0) is 0 Å². The fraction of sp³-hybridized carbons (Fsp3) is 0.0909. The van der Waals surface area contributed by atoms with Gasteiger partial charge in [-0.1, -0.05) is 15.9 Å². The van der Waals surface area contributed by atoms with Crippen LogP contribution in [0.2, 0.25) is 0 Å². The number of thiophene rings is 1. The molecule has 1 aromatic carbocycles. The largest absolute Gasteiger partial charge is 0.207 e. The molecule has 0 radical (unpaired) electrons. The van der Waals surface area contributed by atoms with E-state index in [1.165, 1.54) is 11.3 Å². The first-order chi connectivity index (χ1) is 7.99. The van der Waals surface area contributed by atoms with Crippen LogP contribution in [0.25, 0.3) is 0 Å². The smallest absolute Gasteiger partial charge is 0.161 e. The second-order valence-electron chi connectivity index (χ2n) is 3.33. The second-order valence-corrected chi connectivity index (χ2v) is 7.06. The number of hydrogen-bond acceptors (Lipinski definition) is 1. The molecule has 17 heavy (non-hydrogen) atoms. The van der Waals surface area contributed by atoms with Gasteiger partial charge in [0.2, 0.25) is 0 Å². The highest BCUT2D eigenvalue weighted by atomic mass is 127. The standard InChI is InChI=1S/C11H5BrF3IS/c12-11(5-1-10(16)17-4-5)6-2-8(14)9(15)3-7(6)13/h1-4,11H. The minimum atomic E-state index is -1.18. The quantitative estimate of drug-likeness (QED) is 0.345. The van der Waals surface area contributed by atoms with Gasteiger partial charge in [-0.15, -0.1) is 11.3 Å². The van der Waals surface area contributed by atoms with Crippen molar-refractivity contribution in [3.8, 4) is 0 Å². The lowest BCUT2D eigenvalue weighted by Crippen LogP contribution is -1.98. The van der Waals surface area contributed by atoms with Gasteiger partial charge in [0.25, 0.3) is 0 Å². The summed E-state index contributed by atoms with van der Waals surface area (Å²) >= 11 is 6.94. The Hall–Kier alpha value is -0.0800. The molecule has 0 bridgehead atoms. The summed E-state index contributed by atoms with van der Waals surface area (Å²) in [6, 6.07) is 3.32. The third-order valence-electron chi connectivity index (χ3n) is 2.19. The van der Waals surface area contributed by atoms with Gasteiger partial charge in [-0.05, 0) is 45.7 Å². The minimum absolute atomic E-state index is 0.0955. The van der Waals surface area contributed by atoms with Crippen LogP contribution in [0.1, 0.15) is 16.0 Å². The van der Waals surface area contributed by atoms with Crippen molar-refractivity contribution in [2.24, 2.45) is 0 Å². The molecule has 1 aromatic heterocycles. The van der Waals surface area contributed by atoms with Crippen molar-refractivity contribution in [2.75, 3.05) is 0 Å². The SMILES string of the molecule is Fc1cc(F)c(C(Br)c2csc(I)c2)cc1F. The summed E-state index contributed by atoms with van der Waals surface area (Å²) in [7, 11) is 0. The van der Waals surface area contributed by atoms with Crippen LogP contribution in [0.4, 0.5) is 13.2 Å². The molecule has 0 saturated carbocycles. The molecule has 0 N–H and O–H groups in total. The molecule has 0 nitrogen and oxygen atoms in total. The van der Waals surface area contributed by atoms with Crippen molar-refractivity contribution < 1.29 is 13.2 Å². The van der Waals surface area contributed by atoms with Crippen molar-refractivity contribution in [2.45, 2.75) is 4.83 Å². The average molecular weight is 433 g/mol. The molecule has 0 aliphatic rings. The molecule has 2 rings (SSSR count). The lowest BCUT2D eigenvalue weighted by molar-refractivity contribution is 0.491. The monoisotopic (exact) mass is 432 g/mol. The molecule has 0 aliphatic carbocycles. The van der Waals surface area contributed by atoms with E-state index in [4.69, 9.17) is 0 Å². The van der Waals surface area contributed by atoms with Crippen LogP contribution < -0.4 is 0 Å². The molecular weight excluding hydrogens is 428 g/mol. The van der Waals surface area contributed by atoms with E-state index in [0.29, 0.717) is 6.07 Å². The molecule has 2 aromatic rings. The van der Waals surface area contributed by atoms with E-state index in [1.807, 2.05) is 11.4 Å². The van der Waals surface area contributed by atoms with Gasteiger partial charge in [0, 0.05) is 11.6 Å². The summed E-state index contributed by atoms with van der Waals surface area (Å²) in [5.74, 6) is -2.98. The lowest BCUT2D eigenvalue weighted by Gasteiger charge is -2.10. The minimum Gasteiger partial charge on any atom is -0.207 e. The van der Waals surface area contributed by atoms with Gasteiger partial charge in [-0.25, -0.2) is 13.2 Å². The van der Waals surface area contributed by atoms with Crippen molar-refractivity contribution in [3.63, 3.8) is 0 Å². The number of alkyl halides is 1. The first-order valence-corrected chi connectivity index (χ1v) is 7.39. The summed E-state index contributed by atoms with van der Waals surface area (Å²) in [6.45, 7) is 0. The van der Waals surface area contributed by atoms with Gasteiger partial charge in [0.1, 0.15) is 5.82 Å². The number of benzene rings is 1. The zero-order chi connectivity index (χ0) is 12.6. The molecule has 0 fully saturated rings. The summed E-state index contributed by atoms with van der Waals surface area (Å²) < 4.78 is 40.5. The van der Waals surface area contributed by atoms with Gasteiger partial charge in [0.15, 0.2) is 11.6 Å². The van der Waals surface area contributed by atoms with Gasteiger partial charge in [-0.3, -0.25) is 0 Å². The molecule has 6 heteroatoms. The van der Waals surface area contributed by atoms with Gasteiger partial charge in [0.05, 0.1) is 7.71 Å². The zero-order valence-electron chi connectivity index (χ0n) is 8.18. The van der Waals surface area contributed by atoms with Crippen LogP contribution in [0.3, 0.4) is 0 Å². The third kappa shape index (κ3) is 2.85. The highest BCUT2D eigenvalue weighted by Gasteiger charge is 2.19. The Morgan fingerprint density at radius 3 is 2.29 bits per heavy atom. The van der Waals surface area contributed by atoms with E-state index in [9.17, 15) is 13.2 Å². The number of hydrogen-bond donors (Lipinski definition) is 0. The Morgan fingerprint density at radius 1 is 1.06 bits per heavy atom. The first-order valence-electron chi connectivity index (χ1n) is 4.51. The fourth-order valence-corrected chi connectivity index (χ4v) is 3.56. The molecule has 0 spiro atoms. The summed E-state index contributed by atoms with van der Waals surface area (Å²) in [5.41, 5.74) is 0.919. The maximum absolute atomic E-state index is 13.5. The molecule has 90 valence electrons. The molecule has 1 unspecified atom stereocenters. The molecule has 0 aliphatic heterocycles. The van der Waals surface area contributed by atoms with Gasteiger partial charge < -0.3 is 0 Å². The van der Waals surface area contributed by atoms with Crippen LogP contribution >= 0.6 is 49.9 Å². The predicted molar refractivity (Wildman–Crippen MR) is 74.1 cm³/mol. The molecular formula is C11H5BrF3IS. The average Bonchev–Trinajstić information content (AvgIpc) is 2.69. The topological polar surface area (TPSA) is 0 Å². The van der Waals surface area contributed by atoms with Crippen LogP contribution in [-0.4, -0.2) is 0 Å².